The van der Waals surface area contributed by atoms with E-state index in [-0.39, 0.29) is 11.8 Å². The second-order valence-electron chi connectivity index (χ2n) is 4.86. The van der Waals surface area contributed by atoms with E-state index in [0.29, 0.717) is 25.1 Å². The molecule has 0 atom stereocenters. The van der Waals surface area contributed by atoms with Crippen LogP contribution in [0.5, 0.6) is 0 Å². The van der Waals surface area contributed by atoms with Gasteiger partial charge >= 0.3 is 5.69 Å². The van der Waals surface area contributed by atoms with Crippen molar-refractivity contribution in [3.63, 3.8) is 0 Å². The molecule has 0 radical (unpaired) electrons. The highest BCUT2D eigenvalue weighted by Gasteiger charge is 2.18. The number of anilines is 1. The summed E-state index contributed by atoms with van der Waals surface area (Å²) in [5.41, 5.74) is 5.71. The van der Waals surface area contributed by atoms with Gasteiger partial charge in [0.1, 0.15) is 12.4 Å². The van der Waals surface area contributed by atoms with Crippen molar-refractivity contribution in [1.82, 2.24) is 9.97 Å². The van der Waals surface area contributed by atoms with Crippen molar-refractivity contribution in [2.75, 3.05) is 18.5 Å². The van der Waals surface area contributed by atoms with Gasteiger partial charge in [0.15, 0.2) is 0 Å². The third-order valence-electron chi connectivity index (χ3n) is 3.31. The standard InChI is InChI=1S/C12H19N5O3/c13-9-1-3-11(4-2-9)20-6-5-14-12-15-7-10(8-16-12)17(18)19/h7-9,11H,1-6,13H2,(H,14,15,16). The average Bonchev–Trinajstić information content (AvgIpc) is 2.46. The topological polar surface area (TPSA) is 116 Å². The molecule has 1 heterocycles. The molecule has 1 aromatic rings. The zero-order chi connectivity index (χ0) is 14.4. The highest BCUT2D eigenvalue weighted by atomic mass is 16.6. The normalized spacial score (nSPS) is 22.4. The predicted molar refractivity (Wildman–Crippen MR) is 73.4 cm³/mol. The van der Waals surface area contributed by atoms with Crippen molar-refractivity contribution in [1.29, 1.82) is 0 Å². The molecular formula is C12H19N5O3. The number of hydrogen-bond donors (Lipinski definition) is 2. The van der Waals surface area contributed by atoms with Gasteiger partial charge in [0.2, 0.25) is 5.95 Å². The number of hydrogen-bond acceptors (Lipinski definition) is 7. The molecule has 2 rings (SSSR count). The Balaban J connectivity index is 1.64. The second kappa shape index (κ2) is 7.11. The van der Waals surface area contributed by atoms with Crippen LogP contribution in [0, 0.1) is 10.1 Å². The third-order valence-corrected chi connectivity index (χ3v) is 3.31. The van der Waals surface area contributed by atoms with Crippen LogP contribution < -0.4 is 11.1 Å². The summed E-state index contributed by atoms with van der Waals surface area (Å²) >= 11 is 0. The van der Waals surface area contributed by atoms with Crippen molar-refractivity contribution < 1.29 is 9.66 Å². The lowest BCUT2D eigenvalue weighted by atomic mass is 9.94. The number of nitro groups is 1. The van der Waals surface area contributed by atoms with E-state index in [2.05, 4.69) is 15.3 Å². The van der Waals surface area contributed by atoms with Crippen LogP contribution in [0.2, 0.25) is 0 Å². The molecule has 0 bridgehead atoms. The second-order valence-corrected chi connectivity index (χ2v) is 4.86. The van der Waals surface area contributed by atoms with Crippen LogP contribution in [0.4, 0.5) is 11.6 Å². The van der Waals surface area contributed by atoms with Crippen LogP contribution in [0.3, 0.4) is 0 Å². The van der Waals surface area contributed by atoms with Gasteiger partial charge in [0, 0.05) is 12.6 Å². The molecule has 1 aromatic heterocycles. The summed E-state index contributed by atoms with van der Waals surface area (Å²) in [5.74, 6) is 0.366. The number of nitrogens with two attached hydrogens (primary N) is 1. The number of ether oxygens (including phenoxy) is 1. The van der Waals surface area contributed by atoms with E-state index < -0.39 is 4.92 Å². The Morgan fingerprint density at radius 3 is 2.60 bits per heavy atom. The van der Waals surface area contributed by atoms with Crippen LogP contribution in [0.15, 0.2) is 12.4 Å². The first-order valence-electron chi connectivity index (χ1n) is 6.72. The highest BCUT2D eigenvalue weighted by Crippen LogP contribution is 2.19. The van der Waals surface area contributed by atoms with Crippen molar-refractivity contribution >= 4 is 11.6 Å². The fourth-order valence-corrected chi connectivity index (χ4v) is 2.15. The quantitative estimate of drug-likeness (QED) is 0.455. The van der Waals surface area contributed by atoms with Gasteiger partial charge in [-0.1, -0.05) is 0 Å². The lowest BCUT2D eigenvalue weighted by Gasteiger charge is -2.26. The van der Waals surface area contributed by atoms with Gasteiger partial charge in [0.05, 0.1) is 17.6 Å². The fraction of sp³-hybridized carbons (Fsp3) is 0.667. The molecule has 1 aliphatic rings. The molecule has 1 aliphatic carbocycles. The van der Waals surface area contributed by atoms with E-state index in [1.807, 2.05) is 0 Å². The summed E-state index contributed by atoms with van der Waals surface area (Å²) in [6.45, 7) is 1.13. The maximum atomic E-state index is 10.4. The van der Waals surface area contributed by atoms with E-state index in [9.17, 15) is 10.1 Å². The van der Waals surface area contributed by atoms with Crippen LogP contribution >= 0.6 is 0 Å². The van der Waals surface area contributed by atoms with E-state index in [4.69, 9.17) is 10.5 Å². The molecule has 0 aromatic carbocycles. The first-order chi connectivity index (χ1) is 9.65. The summed E-state index contributed by atoms with van der Waals surface area (Å²) < 4.78 is 5.73. The van der Waals surface area contributed by atoms with E-state index in [1.54, 1.807) is 0 Å². The molecule has 0 unspecified atom stereocenters. The molecule has 110 valence electrons. The summed E-state index contributed by atoms with van der Waals surface area (Å²) in [6.07, 6.45) is 6.70. The van der Waals surface area contributed by atoms with Gasteiger partial charge < -0.3 is 15.8 Å². The van der Waals surface area contributed by atoms with Crippen molar-refractivity contribution in [3.8, 4) is 0 Å². The number of nitrogens with zero attached hydrogens (tertiary/aromatic N) is 3. The Hall–Kier alpha value is -1.80. The van der Waals surface area contributed by atoms with Gasteiger partial charge in [-0.05, 0) is 25.7 Å². The minimum Gasteiger partial charge on any atom is -0.376 e. The predicted octanol–water partition coefficient (Wildman–Crippen LogP) is 1.08. The molecule has 1 saturated carbocycles. The summed E-state index contributed by atoms with van der Waals surface area (Å²) in [6, 6.07) is 0.321. The van der Waals surface area contributed by atoms with Crippen LogP contribution in [0.25, 0.3) is 0 Å². The average molecular weight is 281 g/mol. The lowest BCUT2D eigenvalue weighted by molar-refractivity contribution is -0.385. The van der Waals surface area contributed by atoms with E-state index >= 15 is 0 Å². The lowest BCUT2D eigenvalue weighted by Crippen LogP contribution is -2.31. The molecule has 0 saturated heterocycles. The Morgan fingerprint density at radius 1 is 1.35 bits per heavy atom. The highest BCUT2D eigenvalue weighted by molar-refractivity contribution is 5.30. The first-order valence-corrected chi connectivity index (χ1v) is 6.72. The monoisotopic (exact) mass is 281 g/mol. The molecule has 8 nitrogen and oxygen atoms in total. The molecular weight excluding hydrogens is 262 g/mol. The largest absolute Gasteiger partial charge is 0.376 e. The Labute approximate surface area is 116 Å². The Kier molecular flexibility index (Phi) is 5.19. The minimum atomic E-state index is -0.527. The Morgan fingerprint density at radius 2 is 2.00 bits per heavy atom. The summed E-state index contributed by atoms with van der Waals surface area (Å²) in [4.78, 5) is 17.6. The summed E-state index contributed by atoms with van der Waals surface area (Å²) in [5, 5.41) is 13.4. The van der Waals surface area contributed by atoms with Gasteiger partial charge in [-0.25, -0.2) is 9.97 Å². The zero-order valence-electron chi connectivity index (χ0n) is 11.2. The maximum Gasteiger partial charge on any atom is 0.305 e. The minimum absolute atomic E-state index is 0.120. The zero-order valence-corrected chi connectivity index (χ0v) is 11.2. The SMILES string of the molecule is NC1CCC(OCCNc2ncc([N+](=O)[O-])cn2)CC1. The first kappa shape index (κ1) is 14.6. The van der Waals surface area contributed by atoms with Crippen molar-refractivity contribution in [2.45, 2.75) is 37.8 Å². The van der Waals surface area contributed by atoms with Gasteiger partial charge in [-0.15, -0.1) is 0 Å². The molecule has 3 N–H and O–H groups in total. The van der Waals surface area contributed by atoms with Crippen molar-refractivity contribution in [2.24, 2.45) is 5.73 Å². The van der Waals surface area contributed by atoms with Gasteiger partial charge in [-0.2, -0.15) is 0 Å². The molecule has 8 heteroatoms. The number of aromatic nitrogens is 2. The molecule has 1 fully saturated rings. The smallest absolute Gasteiger partial charge is 0.305 e. The Bertz CT molecular complexity index is 431. The van der Waals surface area contributed by atoms with Crippen molar-refractivity contribution in [3.05, 3.63) is 22.5 Å². The summed E-state index contributed by atoms with van der Waals surface area (Å²) in [7, 11) is 0. The van der Waals surface area contributed by atoms with Gasteiger partial charge in [-0.3, -0.25) is 10.1 Å². The molecule has 20 heavy (non-hydrogen) atoms. The molecule has 0 spiro atoms. The third kappa shape index (κ3) is 4.39. The van der Waals surface area contributed by atoms with Gasteiger partial charge in [0.25, 0.3) is 0 Å². The maximum absolute atomic E-state index is 10.4. The van der Waals surface area contributed by atoms with E-state index in [0.717, 1.165) is 25.7 Å². The number of nitrogens with one attached hydrogen (secondary N) is 1. The van der Waals surface area contributed by atoms with Crippen LogP contribution in [-0.4, -0.2) is 40.2 Å². The molecule has 0 aliphatic heterocycles. The fourth-order valence-electron chi connectivity index (χ4n) is 2.15. The molecule has 0 amide bonds. The van der Waals surface area contributed by atoms with Crippen LogP contribution in [0.1, 0.15) is 25.7 Å². The van der Waals surface area contributed by atoms with E-state index in [1.165, 1.54) is 12.4 Å². The number of rotatable bonds is 6. The van der Waals surface area contributed by atoms with Crippen LogP contribution in [-0.2, 0) is 4.74 Å².